The van der Waals surface area contributed by atoms with Crippen molar-refractivity contribution in [3.8, 4) is 0 Å². The van der Waals surface area contributed by atoms with Gasteiger partial charge < -0.3 is 15.6 Å². The number of aliphatic imine (C=N–C) groups is 1. The molecule has 0 saturated carbocycles. The van der Waals surface area contributed by atoms with Gasteiger partial charge in [0.15, 0.2) is 5.96 Å². The topological polar surface area (TPSA) is 76.4 Å². The van der Waals surface area contributed by atoms with Gasteiger partial charge in [0.25, 0.3) is 0 Å². The molecule has 0 bridgehead atoms. The van der Waals surface area contributed by atoms with E-state index in [4.69, 9.17) is 10.3 Å². The maximum Gasteiger partial charge on any atom is 0.193 e. The van der Waals surface area contributed by atoms with E-state index in [0.29, 0.717) is 12.5 Å². The van der Waals surface area contributed by atoms with E-state index in [1.807, 2.05) is 0 Å². The van der Waals surface area contributed by atoms with Crippen LogP contribution >= 0.6 is 24.0 Å². The Kier molecular flexibility index (Phi) is 8.96. The maximum atomic E-state index is 6.14. The van der Waals surface area contributed by atoms with Gasteiger partial charge in [0.1, 0.15) is 5.76 Å². The third-order valence-corrected chi connectivity index (χ3v) is 4.27. The monoisotopic (exact) mass is 456 g/mol. The summed E-state index contributed by atoms with van der Waals surface area (Å²) in [4.78, 5) is 4.51. The van der Waals surface area contributed by atoms with Crippen molar-refractivity contribution in [1.82, 2.24) is 5.16 Å². The zero-order chi connectivity index (χ0) is 17.5. The van der Waals surface area contributed by atoms with Gasteiger partial charge in [0.2, 0.25) is 0 Å². The van der Waals surface area contributed by atoms with Gasteiger partial charge in [-0.05, 0) is 30.4 Å². The lowest BCUT2D eigenvalue weighted by atomic mass is 10.0. The minimum absolute atomic E-state index is 0. The molecule has 3 N–H and O–H groups in total. The standard InChI is InChI=1S/C19H28N4O.HI/c1-5-13-10-9-11-14(6-2)18(13)22-19(20)21-12-15-16(7-3)23-24-17(15)8-4;/h9-11H,5-8,12H2,1-4H3,(H3,20,21,22);1H. The molecule has 1 heterocycles. The van der Waals surface area contributed by atoms with E-state index in [-0.39, 0.29) is 24.0 Å². The van der Waals surface area contributed by atoms with Crippen LogP contribution in [0.1, 0.15) is 55.8 Å². The second-order valence-corrected chi connectivity index (χ2v) is 5.72. The number of aryl methyl sites for hydroxylation is 4. The number of benzene rings is 1. The molecular formula is C19H29IN4O. The van der Waals surface area contributed by atoms with E-state index >= 15 is 0 Å². The van der Waals surface area contributed by atoms with E-state index < -0.39 is 0 Å². The summed E-state index contributed by atoms with van der Waals surface area (Å²) in [5.74, 6) is 1.32. The van der Waals surface area contributed by atoms with Crippen molar-refractivity contribution in [3.63, 3.8) is 0 Å². The summed E-state index contributed by atoms with van der Waals surface area (Å²) < 4.78 is 5.38. The third kappa shape index (κ3) is 5.20. The van der Waals surface area contributed by atoms with E-state index in [2.05, 4.69) is 61.4 Å². The summed E-state index contributed by atoms with van der Waals surface area (Å²) in [7, 11) is 0. The zero-order valence-corrected chi connectivity index (χ0v) is 17.9. The lowest BCUT2D eigenvalue weighted by Crippen LogP contribution is -2.24. The van der Waals surface area contributed by atoms with Gasteiger partial charge >= 0.3 is 0 Å². The van der Waals surface area contributed by atoms with Crippen molar-refractivity contribution in [2.75, 3.05) is 5.32 Å². The van der Waals surface area contributed by atoms with Crippen molar-refractivity contribution in [3.05, 3.63) is 46.3 Å². The highest BCUT2D eigenvalue weighted by Gasteiger charge is 2.13. The number of nitrogens with two attached hydrogens (primary N) is 1. The third-order valence-electron chi connectivity index (χ3n) is 4.27. The van der Waals surface area contributed by atoms with Gasteiger partial charge in [-0.15, -0.1) is 24.0 Å². The molecule has 25 heavy (non-hydrogen) atoms. The summed E-state index contributed by atoms with van der Waals surface area (Å²) in [6.45, 7) is 8.90. The molecule has 0 fully saturated rings. The molecule has 0 spiro atoms. The Hall–Kier alpha value is -1.57. The molecule has 0 aliphatic carbocycles. The molecular weight excluding hydrogens is 427 g/mol. The molecule has 0 atom stereocenters. The van der Waals surface area contributed by atoms with Crippen molar-refractivity contribution in [2.45, 2.75) is 59.9 Å². The Morgan fingerprint density at radius 2 is 1.72 bits per heavy atom. The molecule has 0 aliphatic rings. The fraction of sp³-hybridized carbons (Fsp3) is 0.474. The molecule has 5 nitrogen and oxygen atoms in total. The van der Waals surface area contributed by atoms with Gasteiger partial charge in [-0.25, -0.2) is 4.99 Å². The Bertz CT molecular complexity index is 666. The molecule has 0 radical (unpaired) electrons. The molecule has 1 aromatic heterocycles. The molecule has 0 amide bonds. The second-order valence-electron chi connectivity index (χ2n) is 5.72. The van der Waals surface area contributed by atoms with E-state index in [1.165, 1.54) is 11.1 Å². The Labute approximate surface area is 167 Å². The van der Waals surface area contributed by atoms with Gasteiger partial charge in [-0.2, -0.15) is 0 Å². The summed E-state index contributed by atoms with van der Waals surface area (Å²) in [5.41, 5.74) is 11.7. The van der Waals surface area contributed by atoms with Gasteiger partial charge in [0, 0.05) is 17.7 Å². The number of hydrogen-bond donors (Lipinski definition) is 2. The van der Waals surface area contributed by atoms with Crippen molar-refractivity contribution in [2.24, 2.45) is 10.7 Å². The number of rotatable bonds is 7. The Balaban J connectivity index is 0.00000312. The van der Waals surface area contributed by atoms with Crippen molar-refractivity contribution >= 4 is 35.6 Å². The minimum Gasteiger partial charge on any atom is -0.370 e. The van der Waals surface area contributed by atoms with Crippen LogP contribution < -0.4 is 11.1 Å². The van der Waals surface area contributed by atoms with E-state index in [1.54, 1.807) is 0 Å². The smallest absolute Gasteiger partial charge is 0.193 e. The van der Waals surface area contributed by atoms with Crippen LogP contribution in [0.3, 0.4) is 0 Å². The Morgan fingerprint density at radius 1 is 1.08 bits per heavy atom. The molecule has 2 rings (SSSR count). The van der Waals surface area contributed by atoms with Crippen LogP contribution in [0.4, 0.5) is 5.69 Å². The van der Waals surface area contributed by atoms with Crippen LogP contribution in [0, 0.1) is 0 Å². The lowest BCUT2D eigenvalue weighted by molar-refractivity contribution is 0.380. The average Bonchev–Trinajstić information content (AvgIpc) is 3.02. The summed E-state index contributed by atoms with van der Waals surface area (Å²) >= 11 is 0. The fourth-order valence-electron chi connectivity index (χ4n) is 2.85. The summed E-state index contributed by atoms with van der Waals surface area (Å²) in [6.07, 6.45) is 3.55. The maximum absolute atomic E-state index is 6.14. The van der Waals surface area contributed by atoms with Crippen molar-refractivity contribution < 1.29 is 4.52 Å². The first-order valence-electron chi connectivity index (χ1n) is 8.78. The highest BCUT2D eigenvalue weighted by molar-refractivity contribution is 14.0. The van der Waals surface area contributed by atoms with Gasteiger partial charge in [-0.1, -0.05) is 51.1 Å². The molecule has 6 heteroatoms. The molecule has 138 valence electrons. The summed E-state index contributed by atoms with van der Waals surface area (Å²) in [6, 6.07) is 6.34. The largest absolute Gasteiger partial charge is 0.370 e. The lowest BCUT2D eigenvalue weighted by Gasteiger charge is -2.14. The second kappa shape index (κ2) is 10.4. The zero-order valence-electron chi connectivity index (χ0n) is 15.6. The molecule has 0 unspecified atom stereocenters. The van der Waals surface area contributed by atoms with Crippen LogP contribution in [0.25, 0.3) is 0 Å². The normalized spacial score (nSPS) is 11.3. The SMILES string of the molecule is CCc1cccc(CC)c1NC(N)=NCc1c(CC)noc1CC.I. The van der Waals surface area contributed by atoms with Crippen LogP contribution in [-0.2, 0) is 32.2 Å². The van der Waals surface area contributed by atoms with Crippen molar-refractivity contribution in [1.29, 1.82) is 0 Å². The number of hydrogen-bond acceptors (Lipinski definition) is 3. The van der Waals surface area contributed by atoms with Gasteiger partial charge in [-0.3, -0.25) is 0 Å². The number of guanidine groups is 1. The van der Waals surface area contributed by atoms with Crippen LogP contribution in [0.2, 0.25) is 0 Å². The van der Waals surface area contributed by atoms with Gasteiger partial charge in [0.05, 0.1) is 12.2 Å². The number of para-hydroxylation sites is 1. The van der Waals surface area contributed by atoms with Crippen LogP contribution in [0.5, 0.6) is 0 Å². The predicted octanol–water partition coefficient (Wildman–Crippen LogP) is 4.47. The first-order chi connectivity index (χ1) is 11.6. The summed E-state index contributed by atoms with van der Waals surface area (Å²) in [5, 5.41) is 7.41. The quantitative estimate of drug-likeness (QED) is 0.366. The molecule has 0 aliphatic heterocycles. The Morgan fingerprint density at radius 3 is 2.24 bits per heavy atom. The van der Waals surface area contributed by atoms with Crippen LogP contribution in [0.15, 0.2) is 27.7 Å². The first kappa shape index (κ1) is 21.5. The average molecular weight is 456 g/mol. The first-order valence-corrected chi connectivity index (χ1v) is 8.78. The highest BCUT2D eigenvalue weighted by Crippen LogP contribution is 2.22. The van der Waals surface area contributed by atoms with Crippen LogP contribution in [-0.4, -0.2) is 11.1 Å². The number of nitrogens with zero attached hydrogens (tertiary/aromatic N) is 2. The molecule has 0 saturated heterocycles. The molecule has 2 aromatic rings. The van der Waals surface area contributed by atoms with E-state index in [9.17, 15) is 0 Å². The fourth-order valence-corrected chi connectivity index (χ4v) is 2.85. The minimum atomic E-state index is 0. The number of aromatic nitrogens is 1. The predicted molar refractivity (Wildman–Crippen MR) is 115 cm³/mol. The number of halogens is 1. The number of anilines is 1. The number of nitrogens with one attached hydrogen (secondary N) is 1. The van der Waals surface area contributed by atoms with E-state index in [0.717, 1.165) is 48.4 Å². The molecule has 1 aromatic carbocycles. The highest BCUT2D eigenvalue weighted by atomic mass is 127.